The van der Waals surface area contributed by atoms with Gasteiger partial charge in [-0.3, -0.25) is 0 Å². The van der Waals surface area contributed by atoms with Crippen molar-refractivity contribution in [3.8, 4) is 6.07 Å². The van der Waals surface area contributed by atoms with E-state index >= 15 is 0 Å². The molecule has 2 heterocycles. The number of ether oxygens (including phenoxy) is 1. The van der Waals surface area contributed by atoms with Crippen LogP contribution in [0.5, 0.6) is 0 Å². The monoisotopic (exact) mass is 312 g/mol. The van der Waals surface area contributed by atoms with Crippen molar-refractivity contribution in [3.63, 3.8) is 0 Å². The number of hydrogen-bond acceptors (Lipinski definition) is 5. The topological polar surface area (TPSA) is 62.0 Å². The van der Waals surface area contributed by atoms with Crippen LogP contribution in [0, 0.1) is 31.0 Å². The number of nitrogens with zero attached hydrogens (tertiary/aromatic N) is 4. The highest BCUT2D eigenvalue weighted by atomic mass is 19.1. The molecular formula is C17H17FN4O. The van der Waals surface area contributed by atoms with Crippen molar-refractivity contribution >= 4 is 5.82 Å². The molecule has 3 rings (SSSR count). The molecule has 0 spiro atoms. The summed E-state index contributed by atoms with van der Waals surface area (Å²) >= 11 is 0. The van der Waals surface area contributed by atoms with Crippen LogP contribution in [0.2, 0.25) is 0 Å². The third-order valence-corrected chi connectivity index (χ3v) is 4.16. The summed E-state index contributed by atoms with van der Waals surface area (Å²) in [6, 6.07) is 8.53. The van der Waals surface area contributed by atoms with E-state index in [1.54, 1.807) is 12.1 Å². The summed E-state index contributed by atoms with van der Waals surface area (Å²) in [7, 11) is 0. The third kappa shape index (κ3) is 3.01. The molecule has 1 aromatic carbocycles. The van der Waals surface area contributed by atoms with Gasteiger partial charge in [0.25, 0.3) is 0 Å². The highest BCUT2D eigenvalue weighted by Gasteiger charge is 2.26. The first-order valence-electron chi connectivity index (χ1n) is 7.46. The second-order valence-electron chi connectivity index (χ2n) is 5.58. The molecule has 0 aliphatic carbocycles. The van der Waals surface area contributed by atoms with Crippen molar-refractivity contribution in [1.29, 1.82) is 5.26 Å². The number of aryl methyl sites for hydroxylation is 1. The Morgan fingerprint density at radius 2 is 2.00 bits per heavy atom. The fraction of sp³-hybridized carbons (Fsp3) is 0.353. The summed E-state index contributed by atoms with van der Waals surface area (Å²) in [5, 5.41) is 17.8. The quantitative estimate of drug-likeness (QED) is 0.853. The molecule has 1 atom stereocenters. The number of benzene rings is 1. The van der Waals surface area contributed by atoms with E-state index < -0.39 is 0 Å². The summed E-state index contributed by atoms with van der Waals surface area (Å²) in [6.45, 7) is 5.43. The molecule has 0 bridgehead atoms. The fourth-order valence-electron chi connectivity index (χ4n) is 2.67. The maximum Gasteiger partial charge on any atom is 0.169 e. The summed E-state index contributed by atoms with van der Waals surface area (Å²) < 4.78 is 18.9. The van der Waals surface area contributed by atoms with Crippen LogP contribution in [0.1, 0.15) is 28.5 Å². The Bertz CT molecular complexity index is 754. The number of aromatic nitrogens is 2. The first kappa shape index (κ1) is 15.4. The van der Waals surface area contributed by atoms with Crippen LogP contribution in [0.15, 0.2) is 24.3 Å². The lowest BCUT2D eigenvalue weighted by molar-refractivity contribution is 0.0394. The Kier molecular flexibility index (Phi) is 4.22. The number of rotatable bonds is 2. The molecule has 0 N–H and O–H groups in total. The van der Waals surface area contributed by atoms with Crippen molar-refractivity contribution < 1.29 is 9.13 Å². The maximum atomic E-state index is 13.1. The van der Waals surface area contributed by atoms with E-state index in [4.69, 9.17) is 4.74 Å². The van der Waals surface area contributed by atoms with E-state index in [9.17, 15) is 9.65 Å². The average Bonchev–Trinajstić information content (AvgIpc) is 2.58. The zero-order valence-corrected chi connectivity index (χ0v) is 13.1. The molecule has 23 heavy (non-hydrogen) atoms. The van der Waals surface area contributed by atoms with E-state index in [1.807, 2.05) is 18.7 Å². The normalized spacial score (nSPS) is 17.8. The van der Waals surface area contributed by atoms with E-state index in [1.165, 1.54) is 12.1 Å². The molecule has 1 aromatic heterocycles. The van der Waals surface area contributed by atoms with Gasteiger partial charge < -0.3 is 9.64 Å². The SMILES string of the molecule is Cc1nnc(N2CCOC(c3ccc(F)cc3)C2)c(C#N)c1C. The Morgan fingerprint density at radius 3 is 2.70 bits per heavy atom. The number of anilines is 1. The molecule has 0 saturated carbocycles. The minimum absolute atomic E-state index is 0.181. The van der Waals surface area contributed by atoms with Crippen LogP contribution < -0.4 is 4.90 Å². The highest BCUT2D eigenvalue weighted by molar-refractivity contribution is 5.57. The summed E-state index contributed by atoms with van der Waals surface area (Å²) in [5.74, 6) is 0.319. The molecule has 6 heteroatoms. The van der Waals surface area contributed by atoms with E-state index in [-0.39, 0.29) is 11.9 Å². The van der Waals surface area contributed by atoms with Gasteiger partial charge in [-0.25, -0.2) is 4.39 Å². The van der Waals surface area contributed by atoms with Gasteiger partial charge in [0.05, 0.1) is 12.3 Å². The zero-order valence-electron chi connectivity index (χ0n) is 13.1. The first-order valence-corrected chi connectivity index (χ1v) is 7.46. The standard InChI is InChI=1S/C17H17FN4O/c1-11-12(2)20-21-17(15(11)9-19)22-7-8-23-16(10-22)13-3-5-14(18)6-4-13/h3-6,16H,7-8,10H2,1-2H3. The first-order chi connectivity index (χ1) is 11.1. The van der Waals surface area contributed by atoms with Crippen LogP contribution in [0.4, 0.5) is 10.2 Å². The van der Waals surface area contributed by atoms with Crippen LogP contribution in [-0.2, 0) is 4.74 Å². The molecule has 0 radical (unpaired) electrons. The van der Waals surface area contributed by atoms with Crippen LogP contribution >= 0.6 is 0 Å². The Balaban J connectivity index is 1.89. The van der Waals surface area contributed by atoms with Crippen LogP contribution in [0.3, 0.4) is 0 Å². The minimum atomic E-state index is -0.270. The Morgan fingerprint density at radius 1 is 1.26 bits per heavy atom. The molecule has 2 aromatic rings. The van der Waals surface area contributed by atoms with Crippen LogP contribution in [0.25, 0.3) is 0 Å². The van der Waals surface area contributed by atoms with Crippen LogP contribution in [-0.4, -0.2) is 29.9 Å². The highest BCUT2D eigenvalue weighted by Crippen LogP contribution is 2.28. The average molecular weight is 312 g/mol. The second-order valence-corrected chi connectivity index (χ2v) is 5.58. The van der Waals surface area contributed by atoms with Gasteiger partial charge in [0.2, 0.25) is 0 Å². The van der Waals surface area contributed by atoms with Crippen molar-refractivity contribution in [1.82, 2.24) is 10.2 Å². The van der Waals surface area contributed by atoms with Gasteiger partial charge in [-0.1, -0.05) is 12.1 Å². The predicted molar refractivity (Wildman–Crippen MR) is 83.5 cm³/mol. The zero-order chi connectivity index (χ0) is 16.4. The lowest BCUT2D eigenvalue weighted by Gasteiger charge is -2.34. The van der Waals surface area contributed by atoms with E-state index in [0.29, 0.717) is 31.1 Å². The van der Waals surface area contributed by atoms with Crippen molar-refractivity contribution in [2.24, 2.45) is 0 Å². The molecule has 1 aliphatic heterocycles. The molecule has 1 fully saturated rings. The lowest BCUT2D eigenvalue weighted by atomic mass is 10.1. The largest absolute Gasteiger partial charge is 0.370 e. The number of hydrogen-bond donors (Lipinski definition) is 0. The van der Waals surface area contributed by atoms with Gasteiger partial charge in [-0.2, -0.15) is 10.4 Å². The number of nitriles is 1. The van der Waals surface area contributed by atoms with Gasteiger partial charge in [0.15, 0.2) is 5.82 Å². The fourth-order valence-corrected chi connectivity index (χ4v) is 2.67. The van der Waals surface area contributed by atoms with E-state index in [0.717, 1.165) is 16.8 Å². The summed E-state index contributed by atoms with van der Waals surface area (Å²) in [6.07, 6.45) is -0.181. The summed E-state index contributed by atoms with van der Waals surface area (Å²) in [5.41, 5.74) is 3.07. The van der Waals surface area contributed by atoms with Crippen molar-refractivity contribution in [2.45, 2.75) is 20.0 Å². The Hall–Kier alpha value is -2.52. The Labute approximate surface area is 134 Å². The van der Waals surface area contributed by atoms with Gasteiger partial charge in [0, 0.05) is 13.1 Å². The maximum absolute atomic E-state index is 13.1. The molecule has 118 valence electrons. The van der Waals surface area contributed by atoms with Crippen molar-refractivity contribution in [3.05, 3.63) is 52.5 Å². The summed E-state index contributed by atoms with van der Waals surface area (Å²) in [4.78, 5) is 2.01. The number of halogens is 1. The smallest absolute Gasteiger partial charge is 0.169 e. The molecule has 0 amide bonds. The molecule has 5 nitrogen and oxygen atoms in total. The van der Waals surface area contributed by atoms with E-state index in [2.05, 4.69) is 16.3 Å². The van der Waals surface area contributed by atoms with Gasteiger partial charge in [0.1, 0.15) is 23.6 Å². The molecule has 1 unspecified atom stereocenters. The van der Waals surface area contributed by atoms with Gasteiger partial charge >= 0.3 is 0 Å². The van der Waals surface area contributed by atoms with Gasteiger partial charge in [-0.15, -0.1) is 5.10 Å². The van der Waals surface area contributed by atoms with Crippen molar-refractivity contribution in [2.75, 3.05) is 24.6 Å². The lowest BCUT2D eigenvalue weighted by Crippen LogP contribution is -2.39. The molecule has 1 aliphatic rings. The predicted octanol–water partition coefficient (Wildman–Crippen LogP) is 2.68. The molecular weight excluding hydrogens is 295 g/mol. The second kappa shape index (κ2) is 6.31. The number of morpholine rings is 1. The third-order valence-electron chi connectivity index (χ3n) is 4.16. The van der Waals surface area contributed by atoms with Gasteiger partial charge in [-0.05, 0) is 37.1 Å². The minimum Gasteiger partial charge on any atom is -0.370 e. The molecule has 1 saturated heterocycles.